The second-order valence-electron chi connectivity index (χ2n) is 7.40. The van der Waals surface area contributed by atoms with Gasteiger partial charge in [-0.2, -0.15) is 0 Å². The molecule has 0 spiro atoms. The Morgan fingerprint density at radius 1 is 1.07 bits per heavy atom. The van der Waals surface area contributed by atoms with E-state index < -0.39 is 11.8 Å². The number of methoxy groups -OCH3 is 1. The lowest BCUT2D eigenvalue weighted by molar-refractivity contribution is -0.139. The third kappa shape index (κ3) is 6.78. The number of piperazine rings is 1. The van der Waals surface area contributed by atoms with E-state index in [2.05, 4.69) is 27.5 Å². The van der Waals surface area contributed by atoms with Gasteiger partial charge in [0.15, 0.2) is 0 Å². The van der Waals surface area contributed by atoms with E-state index in [9.17, 15) is 9.59 Å². The average Bonchev–Trinajstić information content (AvgIpc) is 2.69. The van der Waals surface area contributed by atoms with Crippen molar-refractivity contribution >= 4 is 11.8 Å². The molecule has 2 N–H and O–H groups in total. The Balaban J connectivity index is 1.98. The Kier molecular flexibility index (Phi) is 8.69. The third-order valence-corrected chi connectivity index (χ3v) is 4.99. The van der Waals surface area contributed by atoms with E-state index in [1.54, 1.807) is 7.11 Å². The molecule has 1 aromatic rings. The van der Waals surface area contributed by atoms with Crippen LogP contribution in [0.5, 0.6) is 5.75 Å². The number of carbonyl (C=O) groups is 2. The number of hydrogen-bond donors (Lipinski definition) is 2. The van der Waals surface area contributed by atoms with Gasteiger partial charge in [0.2, 0.25) is 0 Å². The molecule has 0 aromatic heterocycles. The van der Waals surface area contributed by atoms with Gasteiger partial charge in [-0.15, -0.1) is 0 Å². The van der Waals surface area contributed by atoms with Gasteiger partial charge in [0.05, 0.1) is 13.2 Å². The fraction of sp³-hybridized carbons (Fsp3) is 0.600. The van der Waals surface area contributed by atoms with E-state index in [-0.39, 0.29) is 6.04 Å². The van der Waals surface area contributed by atoms with Gasteiger partial charge in [-0.05, 0) is 38.8 Å². The van der Waals surface area contributed by atoms with Gasteiger partial charge in [-0.25, -0.2) is 0 Å². The summed E-state index contributed by atoms with van der Waals surface area (Å²) in [6, 6.07) is 7.90. The highest BCUT2D eigenvalue weighted by molar-refractivity contribution is 6.35. The Bertz CT molecular complexity index is 627. The van der Waals surface area contributed by atoms with Crippen molar-refractivity contribution < 1.29 is 14.3 Å². The molecule has 0 radical (unpaired) electrons. The zero-order valence-electron chi connectivity index (χ0n) is 17.4. The van der Waals surface area contributed by atoms with E-state index in [0.29, 0.717) is 19.6 Å². The van der Waals surface area contributed by atoms with E-state index >= 15 is 0 Å². The minimum absolute atomic E-state index is 0.0122. The summed E-state index contributed by atoms with van der Waals surface area (Å²) in [5, 5.41) is 5.45. The first-order valence-corrected chi connectivity index (χ1v) is 9.68. The number of nitrogens with one attached hydrogen (secondary N) is 2. The molecular weight excluding hydrogens is 358 g/mol. The molecule has 1 saturated heterocycles. The van der Waals surface area contributed by atoms with Crippen molar-refractivity contribution in [1.82, 2.24) is 25.3 Å². The smallest absolute Gasteiger partial charge is 0.309 e. The molecule has 0 aliphatic carbocycles. The fourth-order valence-electron chi connectivity index (χ4n) is 3.16. The highest BCUT2D eigenvalue weighted by atomic mass is 16.5. The number of benzene rings is 1. The van der Waals surface area contributed by atoms with Crippen LogP contribution in [0.25, 0.3) is 0 Å². The quantitative estimate of drug-likeness (QED) is 0.597. The summed E-state index contributed by atoms with van der Waals surface area (Å²) in [6.45, 7) is 5.30. The maximum atomic E-state index is 12.2. The third-order valence-electron chi connectivity index (χ3n) is 4.99. The lowest BCUT2D eigenvalue weighted by atomic mass is 10.0. The molecule has 1 heterocycles. The lowest BCUT2D eigenvalue weighted by Crippen LogP contribution is -2.50. The second-order valence-corrected chi connectivity index (χ2v) is 7.40. The van der Waals surface area contributed by atoms with Crippen LogP contribution in [-0.2, 0) is 9.59 Å². The van der Waals surface area contributed by atoms with E-state index in [4.69, 9.17) is 4.74 Å². The first kappa shape index (κ1) is 22.1. The maximum Gasteiger partial charge on any atom is 0.309 e. The van der Waals surface area contributed by atoms with Crippen LogP contribution in [0.1, 0.15) is 11.6 Å². The number of hydrogen-bond acceptors (Lipinski definition) is 6. The SMILES string of the molecule is COc1ccc(C(CNC(=O)C(=O)NCCN(C)C)N2CCN(C)CC2)cc1. The molecule has 28 heavy (non-hydrogen) atoms. The van der Waals surface area contributed by atoms with Gasteiger partial charge >= 0.3 is 11.8 Å². The monoisotopic (exact) mass is 391 g/mol. The Morgan fingerprint density at radius 3 is 2.25 bits per heavy atom. The highest BCUT2D eigenvalue weighted by Gasteiger charge is 2.25. The molecular formula is C20H33N5O3. The number of likely N-dealkylation sites (N-methyl/N-ethyl adjacent to an activating group) is 2. The standard InChI is InChI=1S/C20H33N5O3/c1-23(2)10-9-21-19(26)20(27)22-15-18(25-13-11-24(3)12-14-25)16-5-7-17(28-4)8-6-16/h5-8,18H,9-15H2,1-4H3,(H,21,26)(H,22,27). The Labute approximate surface area is 167 Å². The van der Waals surface area contributed by atoms with Crippen molar-refractivity contribution in [3.05, 3.63) is 29.8 Å². The molecule has 1 aliphatic rings. The Hall–Kier alpha value is -2.16. The number of carbonyl (C=O) groups excluding carboxylic acids is 2. The van der Waals surface area contributed by atoms with Crippen LogP contribution in [0.15, 0.2) is 24.3 Å². The molecule has 2 rings (SSSR count). The zero-order valence-corrected chi connectivity index (χ0v) is 17.4. The number of rotatable bonds is 8. The van der Waals surface area contributed by atoms with Gasteiger partial charge in [-0.3, -0.25) is 14.5 Å². The van der Waals surface area contributed by atoms with Crippen LogP contribution in [0.3, 0.4) is 0 Å². The van der Waals surface area contributed by atoms with Crippen molar-refractivity contribution in [3.63, 3.8) is 0 Å². The summed E-state index contributed by atoms with van der Waals surface area (Å²) in [4.78, 5) is 30.8. The summed E-state index contributed by atoms with van der Waals surface area (Å²) in [7, 11) is 7.59. The van der Waals surface area contributed by atoms with Gasteiger partial charge in [0.25, 0.3) is 0 Å². The van der Waals surface area contributed by atoms with Gasteiger partial charge in [-0.1, -0.05) is 12.1 Å². The molecule has 0 bridgehead atoms. The summed E-state index contributed by atoms with van der Waals surface area (Å²) in [5.74, 6) is -0.384. The van der Waals surface area contributed by atoms with Crippen LogP contribution >= 0.6 is 0 Å². The predicted octanol–water partition coefficient (Wildman–Crippen LogP) is -0.222. The lowest BCUT2D eigenvalue weighted by Gasteiger charge is -2.38. The number of nitrogens with zero attached hydrogens (tertiary/aromatic N) is 3. The molecule has 1 aliphatic heterocycles. The largest absolute Gasteiger partial charge is 0.497 e. The predicted molar refractivity (Wildman–Crippen MR) is 109 cm³/mol. The number of ether oxygens (including phenoxy) is 1. The molecule has 1 atom stereocenters. The van der Waals surface area contributed by atoms with Crippen molar-refractivity contribution in [2.75, 3.05) is 74.1 Å². The second kappa shape index (κ2) is 11.0. The summed E-state index contributed by atoms with van der Waals surface area (Å²) < 4.78 is 5.25. The topological polar surface area (TPSA) is 77.1 Å². The highest BCUT2D eigenvalue weighted by Crippen LogP contribution is 2.23. The first-order valence-electron chi connectivity index (χ1n) is 9.68. The average molecular weight is 392 g/mol. The minimum Gasteiger partial charge on any atom is -0.497 e. The van der Waals surface area contributed by atoms with E-state index in [1.807, 2.05) is 43.3 Å². The molecule has 156 valence electrons. The maximum absolute atomic E-state index is 12.2. The molecule has 1 unspecified atom stereocenters. The number of amides is 2. The van der Waals surface area contributed by atoms with Crippen molar-refractivity contribution in [2.45, 2.75) is 6.04 Å². The molecule has 2 amide bonds. The van der Waals surface area contributed by atoms with Gasteiger partial charge in [0, 0.05) is 45.8 Å². The minimum atomic E-state index is -0.591. The van der Waals surface area contributed by atoms with E-state index in [1.165, 1.54) is 0 Å². The zero-order chi connectivity index (χ0) is 20.5. The summed E-state index contributed by atoms with van der Waals surface area (Å²) in [5.41, 5.74) is 1.10. The van der Waals surface area contributed by atoms with Crippen LogP contribution in [0, 0.1) is 0 Å². The van der Waals surface area contributed by atoms with Crippen LogP contribution < -0.4 is 15.4 Å². The normalized spacial score (nSPS) is 16.6. The van der Waals surface area contributed by atoms with Crippen LogP contribution in [0.2, 0.25) is 0 Å². The molecule has 0 saturated carbocycles. The summed E-state index contributed by atoms with van der Waals surface area (Å²) in [6.07, 6.45) is 0. The first-order chi connectivity index (χ1) is 13.4. The van der Waals surface area contributed by atoms with Crippen molar-refractivity contribution in [1.29, 1.82) is 0 Å². The van der Waals surface area contributed by atoms with E-state index in [0.717, 1.165) is 37.5 Å². The van der Waals surface area contributed by atoms with Crippen molar-refractivity contribution in [3.8, 4) is 5.75 Å². The molecule has 8 nitrogen and oxygen atoms in total. The van der Waals surface area contributed by atoms with Crippen LogP contribution in [0.4, 0.5) is 0 Å². The van der Waals surface area contributed by atoms with Gasteiger partial charge < -0.3 is 25.2 Å². The Morgan fingerprint density at radius 2 is 1.68 bits per heavy atom. The molecule has 8 heteroatoms. The van der Waals surface area contributed by atoms with Gasteiger partial charge in [0.1, 0.15) is 5.75 Å². The fourth-order valence-corrected chi connectivity index (χ4v) is 3.16. The molecule has 1 aromatic carbocycles. The van der Waals surface area contributed by atoms with Crippen LogP contribution in [-0.4, -0.2) is 101 Å². The molecule has 1 fully saturated rings. The van der Waals surface area contributed by atoms with Crippen molar-refractivity contribution in [2.24, 2.45) is 0 Å². The summed E-state index contributed by atoms with van der Waals surface area (Å²) >= 11 is 0.